The van der Waals surface area contributed by atoms with Crippen molar-refractivity contribution in [2.75, 3.05) is 26.2 Å². The maximum atomic E-state index is 13.0. The van der Waals surface area contributed by atoms with Gasteiger partial charge in [-0.15, -0.1) is 0 Å². The zero-order chi connectivity index (χ0) is 23.2. The monoisotopic (exact) mass is 458 g/mol. The van der Waals surface area contributed by atoms with Crippen LogP contribution in [0.4, 0.5) is 4.39 Å². The predicted molar refractivity (Wildman–Crippen MR) is 120 cm³/mol. The number of carbonyl (C=O) groups is 2. The van der Waals surface area contributed by atoms with Crippen molar-refractivity contribution in [1.29, 1.82) is 0 Å². The summed E-state index contributed by atoms with van der Waals surface area (Å²) < 4.78 is 18.2. The molecule has 0 bridgehead atoms. The number of aliphatic hydroxyl groups excluding tert-OH is 1. The molecule has 0 spiro atoms. The molecule has 0 radical (unpaired) electrons. The Kier molecular flexibility index (Phi) is 7.72. The molecular weight excluding hydrogens is 427 g/mol. The van der Waals surface area contributed by atoms with Gasteiger partial charge in [0.15, 0.2) is 11.5 Å². The Bertz CT molecular complexity index is 942. The first-order valence-electron chi connectivity index (χ1n) is 11.7. The van der Waals surface area contributed by atoms with Crippen LogP contribution in [0.5, 0.6) is 0 Å². The Labute approximate surface area is 192 Å². The van der Waals surface area contributed by atoms with Crippen LogP contribution >= 0.6 is 0 Å². The molecule has 1 saturated carbocycles. The molecule has 2 aromatic rings. The van der Waals surface area contributed by atoms with Gasteiger partial charge in [0.05, 0.1) is 18.1 Å². The minimum atomic E-state index is -0.397. The maximum Gasteiger partial charge on any atom is 0.273 e. The van der Waals surface area contributed by atoms with Gasteiger partial charge in [-0.3, -0.25) is 9.59 Å². The van der Waals surface area contributed by atoms with Crippen LogP contribution in [0.2, 0.25) is 0 Å². The van der Waals surface area contributed by atoms with Crippen molar-refractivity contribution in [3.63, 3.8) is 0 Å². The van der Waals surface area contributed by atoms with E-state index in [0.717, 1.165) is 58.2 Å². The van der Waals surface area contributed by atoms with Crippen molar-refractivity contribution < 1.29 is 23.6 Å². The summed E-state index contributed by atoms with van der Waals surface area (Å²) in [5.41, 5.74) is 0.856. The van der Waals surface area contributed by atoms with Crippen LogP contribution in [0.25, 0.3) is 11.3 Å². The van der Waals surface area contributed by atoms with Crippen LogP contribution in [-0.2, 0) is 4.79 Å². The number of aliphatic hydroxyl groups is 1. The van der Waals surface area contributed by atoms with Gasteiger partial charge >= 0.3 is 0 Å². The van der Waals surface area contributed by atoms with Gasteiger partial charge in [0, 0.05) is 31.3 Å². The third-order valence-corrected chi connectivity index (χ3v) is 6.44. The largest absolute Gasteiger partial charge is 0.391 e. The summed E-state index contributed by atoms with van der Waals surface area (Å²) in [5.74, 6) is -0.123. The number of amides is 2. The highest BCUT2D eigenvalue weighted by atomic mass is 19.1. The number of benzene rings is 1. The van der Waals surface area contributed by atoms with Crippen molar-refractivity contribution in [2.45, 2.75) is 50.7 Å². The molecule has 178 valence electrons. The fourth-order valence-electron chi connectivity index (χ4n) is 4.39. The van der Waals surface area contributed by atoms with Crippen LogP contribution in [0, 0.1) is 11.7 Å². The minimum absolute atomic E-state index is 0.0272. The molecule has 8 nitrogen and oxygen atoms in total. The van der Waals surface area contributed by atoms with E-state index >= 15 is 0 Å². The molecule has 1 aliphatic carbocycles. The number of rotatable bonds is 10. The first-order valence-corrected chi connectivity index (χ1v) is 11.7. The molecule has 2 aliphatic rings. The lowest BCUT2D eigenvalue weighted by Gasteiger charge is -2.38. The zero-order valence-corrected chi connectivity index (χ0v) is 18.6. The maximum absolute atomic E-state index is 13.0. The van der Waals surface area contributed by atoms with Crippen LogP contribution in [0.15, 0.2) is 34.9 Å². The van der Waals surface area contributed by atoms with E-state index in [1.807, 2.05) is 0 Å². The van der Waals surface area contributed by atoms with Gasteiger partial charge in [-0.05, 0) is 62.9 Å². The lowest BCUT2D eigenvalue weighted by Crippen LogP contribution is -2.55. The molecule has 2 amide bonds. The van der Waals surface area contributed by atoms with Gasteiger partial charge in [-0.1, -0.05) is 11.6 Å². The zero-order valence-electron chi connectivity index (χ0n) is 18.6. The number of hydrogen-bond acceptors (Lipinski definition) is 6. The highest BCUT2D eigenvalue weighted by Gasteiger charge is 2.35. The molecule has 2 fully saturated rings. The van der Waals surface area contributed by atoms with E-state index in [0.29, 0.717) is 17.9 Å². The molecule has 1 saturated heterocycles. The molecule has 2 atom stereocenters. The van der Waals surface area contributed by atoms with Crippen LogP contribution in [0.3, 0.4) is 0 Å². The second-order valence-corrected chi connectivity index (χ2v) is 8.97. The summed E-state index contributed by atoms with van der Waals surface area (Å²) >= 11 is 0. The smallest absolute Gasteiger partial charge is 0.273 e. The highest BCUT2D eigenvalue weighted by molar-refractivity contribution is 5.93. The number of hydrogen-bond donors (Lipinski definition) is 3. The Balaban J connectivity index is 1.06. The summed E-state index contributed by atoms with van der Waals surface area (Å²) in [4.78, 5) is 26.7. The Morgan fingerprint density at radius 2 is 1.94 bits per heavy atom. The first kappa shape index (κ1) is 23.4. The van der Waals surface area contributed by atoms with Crippen LogP contribution < -0.4 is 10.6 Å². The normalized spacial score (nSPS) is 21.0. The fourth-order valence-corrected chi connectivity index (χ4v) is 4.39. The van der Waals surface area contributed by atoms with Gasteiger partial charge in [-0.2, -0.15) is 0 Å². The van der Waals surface area contributed by atoms with E-state index < -0.39 is 6.10 Å². The molecule has 1 aromatic carbocycles. The topological polar surface area (TPSA) is 108 Å². The summed E-state index contributed by atoms with van der Waals surface area (Å²) in [6.45, 7) is 3.03. The number of likely N-dealkylation sites (tertiary alicyclic amines) is 1. The van der Waals surface area contributed by atoms with E-state index in [2.05, 4.69) is 20.7 Å². The molecule has 1 aliphatic heterocycles. The average molecular weight is 459 g/mol. The molecule has 1 aromatic heterocycles. The van der Waals surface area contributed by atoms with E-state index in [-0.39, 0.29) is 35.3 Å². The van der Waals surface area contributed by atoms with Crippen molar-refractivity contribution in [2.24, 2.45) is 5.92 Å². The number of nitrogens with one attached hydrogen (secondary N) is 2. The SMILES string of the molecule is O=C(NCCCCCN1CC(C(=O)N[C@H]2CCC[C@@H]2O)C1)c1cc(-c2ccc(F)cc2)on1. The molecule has 4 rings (SSSR count). The summed E-state index contributed by atoms with van der Waals surface area (Å²) in [6, 6.07) is 7.28. The van der Waals surface area contributed by atoms with Gasteiger partial charge in [0.2, 0.25) is 5.91 Å². The second kappa shape index (κ2) is 10.9. The van der Waals surface area contributed by atoms with Gasteiger partial charge in [0.25, 0.3) is 5.91 Å². The van der Waals surface area contributed by atoms with Crippen LogP contribution in [0.1, 0.15) is 49.0 Å². The third kappa shape index (κ3) is 6.17. The lowest BCUT2D eigenvalue weighted by molar-refractivity contribution is -0.131. The fraction of sp³-hybridized carbons (Fsp3) is 0.542. The molecular formula is C24H31FN4O4. The number of nitrogens with zero attached hydrogens (tertiary/aromatic N) is 2. The van der Waals surface area contributed by atoms with E-state index in [9.17, 15) is 19.1 Å². The van der Waals surface area contributed by atoms with E-state index in [4.69, 9.17) is 4.52 Å². The van der Waals surface area contributed by atoms with Crippen molar-refractivity contribution in [3.05, 3.63) is 41.8 Å². The number of carbonyl (C=O) groups excluding carboxylic acids is 2. The van der Waals surface area contributed by atoms with Crippen molar-refractivity contribution >= 4 is 11.8 Å². The van der Waals surface area contributed by atoms with Crippen molar-refractivity contribution in [3.8, 4) is 11.3 Å². The Hall–Kier alpha value is -2.78. The summed E-state index contributed by atoms with van der Waals surface area (Å²) in [6.07, 6.45) is 5.05. The second-order valence-electron chi connectivity index (χ2n) is 8.97. The predicted octanol–water partition coefficient (Wildman–Crippen LogP) is 2.34. The molecule has 9 heteroatoms. The van der Waals surface area contributed by atoms with E-state index in [1.54, 1.807) is 18.2 Å². The number of halogens is 1. The average Bonchev–Trinajstić information content (AvgIpc) is 3.42. The van der Waals surface area contributed by atoms with Gasteiger partial charge in [0.1, 0.15) is 5.82 Å². The van der Waals surface area contributed by atoms with E-state index in [1.165, 1.54) is 12.1 Å². The van der Waals surface area contributed by atoms with Crippen molar-refractivity contribution in [1.82, 2.24) is 20.7 Å². The molecule has 3 N–H and O–H groups in total. The standard InChI is InChI=1S/C24H31FN4O4/c25-18-9-7-16(8-10-18)22-13-20(28-33-22)24(32)26-11-2-1-3-12-29-14-17(15-29)23(31)27-19-5-4-6-21(19)30/h7-10,13,17,19,21,30H,1-6,11-12,14-15H2,(H,26,32)(H,27,31)/t19-,21-/m0/s1. The molecule has 33 heavy (non-hydrogen) atoms. The Morgan fingerprint density at radius 3 is 2.67 bits per heavy atom. The number of unbranched alkanes of at least 4 members (excludes halogenated alkanes) is 2. The summed E-state index contributed by atoms with van der Waals surface area (Å²) in [5, 5.41) is 19.5. The first-order chi connectivity index (χ1) is 16.0. The Morgan fingerprint density at radius 1 is 1.15 bits per heavy atom. The number of aromatic nitrogens is 1. The highest BCUT2D eigenvalue weighted by Crippen LogP contribution is 2.22. The summed E-state index contributed by atoms with van der Waals surface area (Å²) in [7, 11) is 0. The molecule has 0 unspecified atom stereocenters. The third-order valence-electron chi connectivity index (χ3n) is 6.44. The quantitative estimate of drug-likeness (QED) is 0.472. The van der Waals surface area contributed by atoms with Crippen LogP contribution in [-0.4, -0.2) is 65.3 Å². The van der Waals surface area contributed by atoms with Gasteiger partial charge < -0.3 is 25.2 Å². The molecule has 2 heterocycles. The van der Waals surface area contributed by atoms with Gasteiger partial charge in [-0.25, -0.2) is 4.39 Å². The lowest BCUT2D eigenvalue weighted by atomic mass is 9.98. The minimum Gasteiger partial charge on any atom is -0.391 e.